The van der Waals surface area contributed by atoms with Crippen molar-refractivity contribution in [1.82, 2.24) is 14.5 Å². The largest absolute Gasteiger partial charge is 0.308 e. The molecule has 0 amide bonds. The van der Waals surface area contributed by atoms with E-state index in [1.807, 2.05) is 25.1 Å². The molecule has 2 aromatic heterocycles. The maximum Gasteiger partial charge on any atom is 0.194 e. The van der Waals surface area contributed by atoms with E-state index in [4.69, 9.17) is 16.5 Å². The molecule has 4 rings (SSSR count). The van der Waals surface area contributed by atoms with Gasteiger partial charge in [-0.05, 0) is 48.2 Å². The molecule has 0 saturated heterocycles. The first-order chi connectivity index (χ1) is 16.2. The zero-order valence-electron chi connectivity index (χ0n) is 20.8. The molecule has 0 aliphatic heterocycles. The van der Waals surface area contributed by atoms with Crippen LogP contribution in [0.15, 0.2) is 48.5 Å². The Morgan fingerprint density at radius 2 is 1.74 bits per heavy atom. The van der Waals surface area contributed by atoms with Gasteiger partial charge >= 0.3 is 0 Å². The third-order valence-corrected chi connectivity index (χ3v) is 6.60. The van der Waals surface area contributed by atoms with Crippen LogP contribution in [0.5, 0.6) is 0 Å². The topological polar surface area (TPSA) is 35.1 Å². The molecule has 0 spiro atoms. The van der Waals surface area contributed by atoms with E-state index >= 15 is 0 Å². The fraction of sp³-hybridized carbons (Fsp3) is 0.276. The minimum atomic E-state index is -1.47. The van der Waals surface area contributed by atoms with Gasteiger partial charge in [0.25, 0.3) is 0 Å². The SMILES string of the molecule is [C-]#[N+]c1ccc(C#C[Si](C)(C)C)cc1-c1ccc(Cn2c(CC)nc3c(C)cc(C)nc32)cc1. The molecule has 170 valence electrons. The highest BCUT2D eigenvalue weighted by atomic mass is 28.3. The van der Waals surface area contributed by atoms with Crippen LogP contribution in [0.2, 0.25) is 19.6 Å². The van der Waals surface area contributed by atoms with Gasteiger partial charge in [0.15, 0.2) is 11.3 Å². The van der Waals surface area contributed by atoms with E-state index in [9.17, 15) is 0 Å². The van der Waals surface area contributed by atoms with Gasteiger partial charge in [-0.25, -0.2) is 14.8 Å². The van der Waals surface area contributed by atoms with E-state index in [1.165, 1.54) is 5.56 Å². The molecule has 0 unspecified atom stereocenters. The summed E-state index contributed by atoms with van der Waals surface area (Å²) in [5.41, 5.74) is 12.3. The molecule has 2 aromatic carbocycles. The van der Waals surface area contributed by atoms with Crippen molar-refractivity contribution < 1.29 is 0 Å². The molecule has 34 heavy (non-hydrogen) atoms. The number of imidazole rings is 1. The molecule has 4 aromatic rings. The average molecular weight is 463 g/mol. The molecule has 0 aliphatic carbocycles. The second-order valence-electron chi connectivity index (χ2n) is 9.76. The van der Waals surface area contributed by atoms with Crippen LogP contribution in [0.25, 0.3) is 27.1 Å². The summed E-state index contributed by atoms with van der Waals surface area (Å²) in [7, 11) is -1.47. The van der Waals surface area contributed by atoms with E-state index < -0.39 is 8.07 Å². The van der Waals surface area contributed by atoms with Crippen LogP contribution in [-0.4, -0.2) is 22.6 Å². The predicted molar refractivity (Wildman–Crippen MR) is 144 cm³/mol. The summed E-state index contributed by atoms with van der Waals surface area (Å²) in [6.45, 7) is 21.3. The number of pyridine rings is 1. The number of aryl methyl sites for hydroxylation is 3. The second kappa shape index (κ2) is 9.29. The Hall–Kier alpha value is -3.67. The molecular formula is C29H30N4Si. The number of hydrogen-bond donors (Lipinski definition) is 0. The van der Waals surface area contributed by atoms with Gasteiger partial charge in [-0.15, -0.1) is 5.54 Å². The monoisotopic (exact) mass is 462 g/mol. The maximum atomic E-state index is 7.61. The molecule has 0 saturated carbocycles. The van der Waals surface area contributed by atoms with Crippen LogP contribution in [0.3, 0.4) is 0 Å². The Labute approximate surface area is 203 Å². The first kappa shape index (κ1) is 23.5. The summed E-state index contributed by atoms with van der Waals surface area (Å²) >= 11 is 0. The highest BCUT2D eigenvalue weighted by Crippen LogP contribution is 2.32. The van der Waals surface area contributed by atoms with Crippen molar-refractivity contribution in [1.29, 1.82) is 0 Å². The smallest absolute Gasteiger partial charge is 0.194 e. The molecule has 0 aliphatic rings. The normalized spacial score (nSPS) is 11.2. The summed E-state index contributed by atoms with van der Waals surface area (Å²) in [4.78, 5) is 13.4. The summed E-state index contributed by atoms with van der Waals surface area (Å²) in [5.74, 6) is 4.36. The fourth-order valence-electron chi connectivity index (χ4n) is 4.06. The van der Waals surface area contributed by atoms with E-state index in [0.717, 1.165) is 51.4 Å². The van der Waals surface area contributed by atoms with Gasteiger partial charge in [-0.3, -0.25) is 0 Å². The lowest BCUT2D eigenvalue weighted by Crippen LogP contribution is -2.16. The fourth-order valence-corrected chi connectivity index (χ4v) is 4.58. The summed E-state index contributed by atoms with van der Waals surface area (Å²) in [6.07, 6.45) is 0.854. The standard InChI is InChI=1S/C29H30N4Si/c1-8-27-32-28-20(2)17-21(3)31-29(28)33(27)19-23-9-12-24(13-10-23)25-18-22(11-14-26(25)30-4)15-16-34(5,6)7/h9-14,17-18H,8,19H2,1-3,5-7H3. The third-order valence-electron chi connectivity index (χ3n) is 5.72. The van der Waals surface area contributed by atoms with E-state index in [-0.39, 0.29) is 0 Å². The Morgan fingerprint density at radius 1 is 1.00 bits per heavy atom. The Kier molecular flexibility index (Phi) is 6.42. The maximum absolute atomic E-state index is 7.61. The first-order valence-corrected chi connectivity index (χ1v) is 15.2. The zero-order valence-corrected chi connectivity index (χ0v) is 21.8. The molecule has 0 bridgehead atoms. The summed E-state index contributed by atoms with van der Waals surface area (Å²) in [6, 6.07) is 16.4. The highest BCUT2D eigenvalue weighted by molar-refractivity contribution is 6.83. The molecule has 0 fully saturated rings. The zero-order chi connectivity index (χ0) is 24.5. The van der Waals surface area contributed by atoms with Gasteiger partial charge in [0.05, 0.1) is 13.1 Å². The molecule has 0 radical (unpaired) electrons. The van der Waals surface area contributed by atoms with Crippen LogP contribution in [0, 0.1) is 31.9 Å². The molecular weight excluding hydrogens is 432 g/mol. The third kappa shape index (κ3) is 4.96. The van der Waals surface area contributed by atoms with Crippen LogP contribution >= 0.6 is 0 Å². The number of fused-ring (bicyclic) bond motifs is 1. The van der Waals surface area contributed by atoms with Gasteiger partial charge in [0.1, 0.15) is 19.4 Å². The Morgan fingerprint density at radius 3 is 2.38 bits per heavy atom. The van der Waals surface area contributed by atoms with Crippen molar-refractivity contribution in [3.05, 3.63) is 88.2 Å². The Bertz CT molecular complexity index is 1470. The molecule has 0 N–H and O–H groups in total. The predicted octanol–water partition coefficient (Wildman–Crippen LogP) is 7.11. The van der Waals surface area contributed by atoms with Crippen LogP contribution in [0.1, 0.15) is 35.1 Å². The van der Waals surface area contributed by atoms with Crippen LogP contribution in [-0.2, 0) is 13.0 Å². The second-order valence-corrected chi connectivity index (χ2v) is 14.5. The van der Waals surface area contributed by atoms with Crippen LogP contribution < -0.4 is 0 Å². The number of nitrogens with zero attached hydrogens (tertiary/aromatic N) is 4. The minimum Gasteiger partial charge on any atom is -0.308 e. The van der Waals surface area contributed by atoms with Crippen molar-refractivity contribution in [2.24, 2.45) is 0 Å². The van der Waals surface area contributed by atoms with Crippen molar-refractivity contribution in [2.75, 3.05) is 0 Å². The number of aromatic nitrogens is 3. The van der Waals surface area contributed by atoms with Crippen molar-refractivity contribution >= 4 is 24.9 Å². The minimum absolute atomic E-state index is 0.648. The summed E-state index contributed by atoms with van der Waals surface area (Å²) in [5, 5.41) is 0. The number of rotatable bonds is 4. The van der Waals surface area contributed by atoms with Crippen molar-refractivity contribution in [2.45, 2.75) is 53.4 Å². The van der Waals surface area contributed by atoms with Gasteiger partial charge in [-0.1, -0.05) is 68.9 Å². The van der Waals surface area contributed by atoms with E-state index in [0.29, 0.717) is 12.2 Å². The lowest BCUT2D eigenvalue weighted by atomic mass is 10.00. The van der Waals surface area contributed by atoms with E-state index in [1.54, 1.807) is 0 Å². The summed E-state index contributed by atoms with van der Waals surface area (Å²) < 4.78 is 2.22. The van der Waals surface area contributed by atoms with Crippen LogP contribution in [0.4, 0.5) is 5.69 Å². The number of benzene rings is 2. The molecule has 4 nitrogen and oxygen atoms in total. The van der Waals surface area contributed by atoms with Gasteiger partial charge < -0.3 is 4.57 Å². The number of hydrogen-bond acceptors (Lipinski definition) is 2. The lowest BCUT2D eigenvalue weighted by molar-refractivity contribution is 0.745. The molecule has 5 heteroatoms. The highest BCUT2D eigenvalue weighted by Gasteiger charge is 2.14. The Balaban J connectivity index is 1.69. The van der Waals surface area contributed by atoms with Gasteiger partial charge in [-0.2, -0.15) is 0 Å². The lowest BCUT2D eigenvalue weighted by Gasteiger charge is -2.11. The quantitative estimate of drug-likeness (QED) is 0.184. The first-order valence-electron chi connectivity index (χ1n) is 11.7. The molecule has 0 atom stereocenters. The van der Waals surface area contributed by atoms with Crippen molar-refractivity contribution in [3.63, 3.8) is 0 Å². The average Bonchev–Trinajstić information content (AvgIpc) is 3.15. The van der Waals surface area contributed by atoms with Gasteiger partial charge in [0.2, 0.25) is 0 Å². The van der Waals surface area contributed by atoms with Gasteiger partial charge in [0, 0.05) is 17.7 Å². The van der Waals surface area contributed by atoms with E-state index in [2.05, 4.69) is 84.7 Å². The molecule has 2 heterocycles. The van der Waals surface area contributed by atoms with Crippen molar-refractivity contribution in [3.8, 4) is 22.6 Å².